The average Bonchev–Trinajstić information content (AvgIpc) is 2.27. The van der Waals surface area contributed by atoms with Crippen molar-refractivity contribution in [3.63, 3.8) is 0 Å². The Hall–Kier alpha value is -1.09. The lowest BCUT2D eigenvalue weighted by atomic mass is 9.98. The molecule has 0 spiro atoms. The number of aliphatic hydroxyl groups is 1. The minimum Gasteiger partial charge on any atom is -0.487 e. The van der Waals surface area contributed by atoms with Crippen LogP contribution in [-0.4, -0.2) is 17.3 Å². The smallest absolute Gasteiger partial charge is 0.125 e. The van der Waals surface area contributed by atoms with Crippen LogP contribution < -0.4 is 4.74 Å². The van der Waals surface area contributed by atoms with E-state index in [2.05, 4.69) is 0 Å². The quantitative estimate of drug-likeness (QED) is 0.811. The Morgan fingerprint density at radius 2 is 2.40 bits per heavy atom. The van der Waals surface area contributed by atoms with Crippen LogP contribution in [0.2, 0.25) is 0 Å². The summed E-state index contributed by atoms with van der Waals surface area (Å²) in [6, 6.07) is 4.53. The maximum absolute atomic E-state index is 12.9. The first kappa shape index (κ1) is 10.4. The van der Waals surface area contributed by atoms with E-state index in [0.29, 0.717) is 12.2 Å². The molecule has 1 aliphatic heterocycles. The summed E-state index contributed by atoms with van der Waals surface area (Å²) in [4.78, 5) is 0. The summed E-state index contributed by atoms with van der Waals surface area (Å²) >= 11 is 0. The predicted molar refractivity (Wildman–Crippen MR) is 55.4 cm³/mol. The second-order valence-corrected chi connectivity index (χ2v) is 3.92. The molecule has 1 aromatic rings. The Labute approximate surface area is 88.7 Å². The van der Waals surface area contributed by atoms with E-state index in [9.17, 15) is 9.50 Å². The maximum Gasteiger partial charge on any atom is 0.125 e. The molecule has 1 aliphatic rings. The van der Waals surface area contributed by atoms with E-state index >= 15 is 0 Å². The van der Waals surface area contributed by atoms with Crippen LogP contribution in [0.5, 0.6) is 5.75 Å². The van der Waals surface area contributed by atoms with Gasteiger partial charge in [-0.25, -0.2) is 4.39 Å². The first-order valence-electron chi connectivity index (χ1n) is 5.34. The highest BCUT2D eigenvalue weighted by Gasteiger charge is 2.25. The molecule has 2 nitrogen and oxygen atoms in total. The molecule has 1 heterocycles. The maximum atomic E-state index is 12.9. The molecule has 1 unspecified atom stereocenters. The molecule has 0 bridgehead atoms. The fourth-order valence-corrected chi connectivity index (χ4v) is 1.91. The summed E-state index contributed by atoms with van der Waals surface area (Å²) in [5, 5.41) is 9.66. The number of aryl methyl sites for hydroxylation is 1. The zero-order valence-electron chi connectivity index (χ0n) is 8.74. The summed E-state index contributed by atoms with van der Waals surface area (Å²) in [5.41, 5.74) is 0.898. The average molecular weight is 210 g/mol. The van der Waals surface area contributed by atoms with Gasteiger partial charge in [0.05, 0.1) is 6.10 Å². The van der Waals surface area contributed by atoms with Gasteiger partial charge in [-0.05, 0) is 43.0 Å². The van der Waals surface area contributed by atoms with Crippen LogP contribution in [0, 0.1) is 5.82 Å². The van der Waals surface area contributed by atoms with Crippen LogP contribution in [0.15, 0.2) is 18.2 Å². The Bertz CT molecular complexity index is 351. The number of fused-ring (bicyclic) bond motifs is 1. The van der Waals surface area contributed by atoms with Crippen LogP contribution in [0.4, 0.5) is 4.39 Å². The lowest BCUT2D eigenvalue weighted by Crippen LogP contribution is -2.34. The molecule has 0 radical (unpaired) electrons. The van der Waals surface area contributed by atoms with Gasteiger partial charge in [-0.1, -0.05) is 6.92 Å². The van der Waals surface area contributed by atoms with E-state index in [-0.39, 0.29) is 11.9 Å². The van der Waals surface area contributed by atoms with Gasteiger partial charge < -0.3 is 9.84 Å². The Kier molecular flexibility index (Phi) is 2.91. The van der Waals surface area contributed by atoms with Gasteiger partial charge in [0, 0.05) is 0 Å². The van der Waals surface area contributed by atoms with Gasteiger partial charge in [0.2, 0.25) is 0 Å². The fourth-order valence-electron chi connectivity index (χ4n) is 1.91. The molecule has 0 saturated carbocycles. The molecule has 0 saturated heterocycles. The van der Waals surface area contributed by atoms with Gasteiger partial charge >= 0.3 is 0 Å². The molecular weight excluding hydrogens is 195 g/mol. The molecule has 3 heteroatoms. The topological polar surface area (TPSA) is 29.5 Å². The van der Waals surface area contributed by atoms with Crippen LogP contribution >= 0.6 is 0 Å². The van der Waals surface area contributed by atoms with E-state index in [1.165, 1.54) is 12.1 Å². The monoisotopic (exact) mass is 210 g/mol. The number of hydrogen-bond acceptors (Lipinski definition) is 2. The zero-order valence-corrected chi connectivity index (χ0v) is 8.74. The van der Waals surface area contributed by atoms with Crippen LogP contribution in [0.25, 0.3) is 0 Å². The number of aliphatic hydroxyl groups excluding tert-OH is 1. The van der Waals surface area contributed by atoms with Gasteiger partial charge in [0.1, 0.15) is 17.7 Å². The largest absolute Gasteiger partial charge is 0.487 e. The summed E-state index contributed by atoms with van der Waals surface area (Å²) in [6.45, 7) is 1.92. The van der Waals surface area contributed by atoms with E-state index in [1.54, 1.807) is 6.07 Å². The third-order valence-electron chi connectivity index (χ3n) is 2.85. The van der Waals surface area contributed by atoms with Crippen LogP contribution in [-0.2, 0) is 6.42 Å². The lowest BCUT2D eigenvalue weighted by Gasteiger charge is -2.29. The standard InChI is InChI=1S/C12H15FO2/c1-2-10(14)12-5-3-8-7-9(13)4-6-11(8)15-12/h4,6-7,10,12,14H,2-3,5H2,1H3/t10?,12-/m0/s1. The normalized spacial score (nSPS) is 21.7. The van der Waals surface area contributed by atoms with Crippen molar-refractivity contribution in [3.05, 3.63) is 29.6 Å². The highest BCUT2D eigenvalue weighted by Crippen LogP contribution is 2.29. The van der Waals surface area contributed by atoms with E-state index in [0.717, 1.165) is 18.4 Å². The molecule has 0 fully saturated rings. The van der Waals surface area contributed by atoms with Crippen molar-refractivity contribution in [1.29, 1.82) is 0 Å². The Morgan fingerprint density at radius 1 is 1.60 bits per heavy atom. The van der Waals surface area contributed by atoms with Gasteiger partial charge in [-0.2, -0.15) is 0 Å². The SMILES string of the molecule is CCC(O)[C@@H]1CCc2cc(F)ccc2O1. The molecule has 2 rings (SSSR count). The Balaban J connectivity index is 2.16. The molecule has 2 atom stereocenters. The molecule has 15 heavy (non-hydrogen) atoms. The molecule has 1 N–H and O–H groups in total. The van der Waals surface area contributed by atoms with Crippen molar-refractivity contribution in [3.8, 4) is 5.75 Å². The fraction of sp³-hybridized carbons (Fsp3) is 0.500. The number of benzene rings is 1. The van der Waals surface area contributed by atoms with Crippen molar-refractivity contribution in [2.75, 3.05) is 0 Å². The van der Waals surface area contributed by atoms with Crippen LogP contribution in [0.3, 0.4) is 0 Å². The zero-order chi connectivity index (χ0) is 10.8. The highest BCUT2D eigenvalue weighted by atomic mass is 19.1. The second-order valence-electron chi connectivity index (χ2n) is 3.92. The minimum atomic E-state index is -0.428. The molecule has 1 aromatic carbocycles. The highest BCUT2D eigenvalue weighted by molar-refractivity contribution is 5.35. The summed E-state index contributed by atoms with van der Waals surface area (Å²) in [7, 11) is 0. The van der Waals surface area contributed by atoms with Crippen molar-refractivity contribution >= 4 is 0 Å². The van der Waals surface area contributed by atoms with Crippen molar-refractivity contribution in [1.82, 2.24) is 0 Å². The first-order valence-corrected chi connectivity index (χ1v) is 5.34. The number of halogens is 1. The van der Waals surface area contributed by atoms with E-state index in [1.807, 2.05) is 6.92 Å². The summed E-state index contributed by atoms with van der Waals surface area (Å²) < 4.78 is 18.5. The number of rotatable bonds is 2. The molecule has 0 aliphatic carbocycles. The third kappa shape index (κ3) is 2.12. The predicted octanol–water partition coefficient (Wildman–Crippen LogP) is 2.29. The number of ether oxygens (including phenoxy) is 1. The summed E-state index contributed by atoms with van der Waals surface area (Å²) in [5.74, 6) is 0.479. The van der Waals surface area contributed by atoms with Crippen molar-refractivity contribution in [2.24, 2.45) is 0 Å². The molecular formula is C12H15FO2. The Morgan fingerprint density at radius 3 is 3.13 bits per heavy atom. The number of hydrogen-bond donors (Lipinski definition) is 1. The lowest BCUT2D eigenvalue weighted by molar-refractivity contribution is 0.0219. The summed E-state index contributed by atoms with van der Waals surface area (Å²) in [6.07, 6.45) is 1.64. The third-order valence-corrected chi connectivity index (χ3v) is 2.85. The minimum absolute atomic E-state index is 0.145. The van der Waals surface area contributed by atoms with E-state index < -0.39 is 6.10 Å². The van der Waals surface area contributed by atoms with Gasteiger partial charge in [0.15, 0.2) is 0 Å². The van der Waals surface area contributed by atoms with Gasteiger partial charge in [0.25, 0.3) is 0 Å². The van der Waals surface area contributed by atoms with Gasteiger partial charge in [-0.3, -0.25) is 0 Å². The molecule has 82 valence electrons. The second kappa shape index (κ2) is 4.19. The van der Waals surface area contributed by atoms with Crippen molar-refractivity contribution < 1.29 is 14.2 Å². The van der Waals surface area contributed by atoms with E-state index in [4.69, 9.17) is 4.74 Å². The van der Waals surface area contributed by atoms with Gasteiger partial charge in [-0.15, -0.1) is 0 Å². The van der Waals surface area contributed by atoms with Crippen molar-refractivity contribution in [2.45, 2.75) is 38.4 Å². The van der Waals surface area contributed by atoms with Crippen LogP contribution in [0.1, 0.15) is 25.3 Å². The molecule has 0 amide bonds. The first-order chi connectivity index (χ1) is 7.20. The molecule has 0 aromatic heterocycles.